The summed E-state index contributed by atoms with van der Waals surface area (Å²) >= 11 is 0. The lowest BCUT2D eigenvalue weighted by atomic mass is 10.1. The number of fused-ring (bicyclic) bond motifs is 5. The van der Waals surface area contributed by atoms with Crippen molar-refractivity contribution < 1.29 is 0 Å². The van der Waals surface area contributed by atoms with Crippen LogP contribution in [0.1, 0.15) is 23.2 Å². The quantitative estimate of drug-likeness (QED) is 0.458. The van der Waals surface area contributed by atoms with Crippen LogP contribution in [0.5, 0.6) is 0 Å². The lowest BCUT2D eigenvalue weighted by Crippen LogP contribution is -2.22. The van der Waals surface area contributed by atoms with Gasteiger partial charge in [-0.1, -0.05) is 12.1 Å². The molecule has 1 saturated heterocycles. The van der Waals surface area contributed by atoms with E-state index in [0.29, 0.717) is 11.5 Å². The number of rotatable bonds is 3. The van der Waals surface area contributed by atoms with Gasteiger partial charge in [0.25, 0.3) is 0 Å². The smallest absolute Gasteiger partial charge is 0.161 e. The first-order chi connectivity index (χ1) is 16.1. The molecule has 0 spiro atoms. The van der Waals surface area contributed by atoms with Gasteiger partial charge in [0.05, 0.1) is 23.0 Å². The van der Waals surface area contributed by atoms with Crippen LogP contribution in [-0.2, 0) is 6.54 Å². The summed E-state index contributed by atoms with van der Waals surface area (Å²) in [6.07, 6.45) is 5.31. The molecule has 2 aromatic heterocycles. The molecule has 2 aliphatic heterocycles. The lowest BCUT2D eigenvalue weighted by Gasteiger charge is -2.21. The second-order valence-electron chi connectivity index (χ2n) is 9.14. The highest BCUT2D eigenvalue weighted by atomic mass is 15.2. The van der Waals surface area contributed by atoms with Crippen LogP contribution in [0.25, 0.3) is 28.3 Å². The van der Waals surface area contributed by atoms with Gasteiger partial charge in [-0.05, 0) is 73.3 Å². The van der Waals surface area contributed by atoms with Gasteiger partial charge in [-0.15, -0.1) is 0 Å². The minimum atomic E-state index is 0.581. The molecule has 2 aromatic carbocycles. The fraction of sp³-hybridized carbons (Fsp3) is 0.259. The summed E-state index contributed by atoms with van der Waals surface area (Å²) in [6.45, 7) is 5.74. The first kappa shape index (κ1) is 19.8. The molecule has 164 valence electrons. The maximum atomic E-state index is 9.12. The highest BCUT2D eigenvalue weighted by Crippen LogP contribution is 2.37. The third-order valence-electron chi connectivity index (χ3n) is 7.04. The second-order valence-corrected chi connectivity index (χ2v) is 9.14. The zero-order valence-electron chi connectivity index (χ0n) is 18.7. The van der Waals surface area contributed by atoms with E-state index in [0.717, 1.165) is 60.9 Å². The van der Waals surface area contributed by atoms with E-state index in [-0.39, 0.29) is 0 Å². The van der Waals surface area contributed by atoms with Gasteiger partial charge in [0.15, 0.2) is 5.82 Å². The lowest BCUT2D eigenvalue weighted by molar-refractivity contribution is 0.602. The first-order valence-corrected chi connectivity index (χ1v) is 11.5. The van der Waals surface area contributed by atoms with Crippen LogP contribution < -0.4 is 10.6 Å². The van der Waals surface area contributed by atoms with Gasteiger partial charge >= 0.3 is 0 Å². The second kappa shape index (κ2) is 7.65. The Kier molecular flexibility index (Phi) is 4.60. The molecule has 0 saturated carbocycles. The number of nitrogens with zero attached hydrogens (tertiary/aromatic N) is 5. The molecule has 6 nitrogen and oxygen atoms in total. The fourth-order valence-corrected chi connectivity index (χ4v) is 5.20. The summed E-state index contributed by atoms with van der Waals surface area (Å²) in [7, 11) is 0. The van der Waals surface area contributed by atoms with Crippen molar-refractivity contribution in [3.63, 3.8) is 0 Å². The van der Waals surface area contributed by atoms with Gasteiger partial charge < -0.3 is 15.2 Å². The van der Waals surface area contributed by atoms with Crippen LogP contribution in [0.3, 0.4) is 0 Å². The first-order valence-electron chi connectivity index (χ1n) is 11.5. The largest absolute Gasteiger partial charge is 0.371 e. The van der Waals surface area contributed by atoms with E-state index in [9.17, 15) is 0 Å². The van der Waals surface area contributed by atoms with Crippen LogP contribution in [0.4, 0.5) is 5.69 Å². The van der Waals surface area contributed by atoms with Crippen molar-refractivity contribution in [3.8, 4) is 34.4 Å². The Morgan fingerprint density at radius 2 is 1.97 bits per heavy atom. The van der Waals surface area contributed by atoms with E-state index in [1.807, 2.05) is 30.5 Å². The molecule has 0 amide bonds. The third-order valence-corrected chi connectivity index (χ3v) is 7.04. The zero-order valence-corrected chi connectivity index (χ0v) is 18.7. The zero-order chi connectivity index (χ0) is 22.5. The Hall–Kier alpha value is -3.82. The Labute approximate surface area is 193 Å². The molecule has 0 radical (unpaired) electrons. The summed E-state index contributed by atoms with van der Waals surface area (Å²) in [5, 5.41) is 9.12. The topological polar surface area (TPSA) is 75.8 Å². The Bertz CT molecular complexity index is 1390. The Morgan fingerprint density at radius 3 is 2.73 bits per heavy atom. The fourth-order valence-electron chi connectivity index (χ4n) is 5.20. The van der Waals surface area contributed by atoms with Crippen LogP contribution >= 0.6 is 0 Å². The maximum Gasteiger partial charge on any atom is 0.161 e. The number of imidazole rings is 1. The number of aryl methyl sites for hydroxylation is 1. The molecule has 0 bridgehead atoms. The van der Waals surface area contributed by atoms with Gasteiger partial charge in [-0.2, -0.15) is 5.26 Å². The van der Waals surface area contributed by atoms with Crippen molar-refractivity contribution in [2.45, 2.75) is 19.9 Å². The maximum absolute atomic E-state index is 9.12. The Balaban J connectivity index is 1.45. The number of nitrogens with two attached hydrogens (primary N) is 1. The van der Waals surface area contributed by atoms with Crippen molar-refractivity contribution in [2.24, 2.45) is 11.7 Å². The van der Waals surface area contributed by atoms with Crippen LogP contribution in [0, 0.1) is 24.2 Å². The highest BCUT2D eigenvalue weighted by Gasteiger charge is 2.25. The van der Waals surface area contributed by atoms with Crippen molar-refractivity contribution in [3.05, 3.63) is 77.7 Å². The van der Waals surface area contributed by atoms with Crippen molar-refractivity contribution in [1.82, 2.24) is 14.1 Å². The van der Waals surface area contributed by atoms with E-state index >= 15 is 0 Å². The molecule has 1 unspecified atom stereocenters. The molecule has 1 fully saturated rings. The van der Waals surface area contributed by atoms with Gasteiger partial charge in [-0.3, -0.25) is 4.57 Å². The van der Waals surface area contributed by atoms with Crippen molar-refractivity contribution in [1.29, 1.82) is 5.26 Å². The molecule has 0 aliphatic carbocycles. The summed E-state index contributed by atoms with van der Waals surface area (Å²) in [4.78, 5) is 7.25. The minimum Gasteiger partial charge on any atom is -0.371 e. The van der Waals surface area contributed by atoms with Crippen molar-refractivity contribution >= 4 is 5.69 Å². The van der Waals surface area contributed by atoms with Gasteiger partial charge in [-0.25, -0.2) is 4.98 Å². The van der Waals surface area contributed by atoms with Crippen LogP contribution in [0.15, 0.2) is 60.9 Å². The summed E-state index contributed by atoms with van der Waals surface area (Å²) in [5.74, 6) is 1.54. The van der Waals surface area contributed by atoms with E-state index in [4.69, 9.17) is 16.0 Å². The predicted octanol–water partition coefficient (Wildman–Crippen LogP) is 4.33. The third kappa shape index (κ3) is 3.24. The van der Waals surface area contributed by atoms with Crippen LogP contribution in [-0.4, -0.2) is 33.8 Å². The summed E-state index contributed by atoms with van der Waals surface area (Å²) in [6, 6.07) is 19.0. The summed E-state index contributed by atoms with van der Waals surface area (Å²) < 4.78 is 4.57. The van der Waals surface area contributed by atoms with Gasteiger partial charge in [0, 0.05) is 49.0 Å². The molecular formula is C27H26N6. The van der Waals surface area contributed by atoms with Gasteiger partial charge in [0.2, 0.25) is 0 Å². The number of aromatic nitrogens is 3. The monoisotopic (exact) mass is 434 g/mol. The number of hydrogen-bond donors (Lipinski definition) is 1. The SMILES string of the molecule is Cc1cnc2n1-c1ccc(N3CCC(CN)C3)cc1Cn1cc(-c3ccc(C#N)cc3)cc1-2. The van der Waals surface area contributed by atoms with Crippen LogP contribution in [0.2, 0.25) is 0 Å². The number of benzene rings is 2. The van der Waals surface area contributed by atoms with E-state index in [1.165, 1.54) is 16.9 Å². The number of hydrogen-bond acceptors (Lipinski definition) is 4. The predicted molar refractivity (Wildman–Crippen MR) is 130 cm³/mol. The molecule has 1 atom stereocenters. The molecule has 33 heavy (non-hydrogen) atoms. The molecule has 2 aliphatic rings. The van der Waals surface area contributed by atoms with Crippen molar-refractivity contribution in [2.75, 3.05) is 24.5 Å². The van der Waals surface area contributed by atoms with Gasteiger partial charge in [0.1, 0.15) is 0 Å². The average molecular weight is 435 g/mol. The normalized spacial score (nSPS) is 16.6. The van der Waals surface area contributed by atoms with E-state index in [1.54, 1.807) is 0 Å². The molecule has 2 N–H and O–H groups in total. The van der Waals surface area contributed by atoms with E-state index < -0.39 is 0 Å². The number of nitriles is 1. The highest BCUT2D eigenvalue weighted by molar-refractivity contribution is 5.73. The molecular weight excluding hydrogens is 408 g/mol. The van der Waals surface area contributed by atoms with E-state index in [2.05, 4.69) is 57.5 Å². The summed E-state index contributed by atoms with van der Waals surface area (Å²) in [5.41, 5.74) is 14.8. The minimum absolute atomic E-state index is 0.581. The number of anilines is 1. The average Bonchev–Trinajstić information content (AvgIpc) is 3.56. The molecule has 4 aromatic rings. The molecule has 6 rings (SSSR count). The Morgan fingerprint density at radius 1 is 1.12 bits per heavy atom. The molecule has 4 heterocycles. The molecule has 6 heteroatoms. The standard InChI is InChI=1S/C27H26N6/c1-18-14-30-27-26-11-22(21-4-2-19(12-28)3-5-21)16-32(26)17-23-10-24(6-7-25(23)33(18)27)31-9-8-20(13-29)15-31/h2-7,10-11,14,16,20H,8-9,13,15,17,29H2,1H3.